The van der Waals surface area contributed by atoms with Crippen LogP contribution in [0.2, 0.25) is 8.67 Å². The highest BCUT2D eigenvalue weighted by atomic mass is 35.5. The number of aryl methyl sites for hydroxylation is 1. The second-order valence-electron chi connectivity index (χ2n) is 4.79. The van der Waals surface area contributed by atoms with Gasteiger partial charge in [0.15, 0.2) is 0 Å². The molecular weight excluding hydrogens is 313 g/mol. The van der Waals surface area contributed by atoms with E-state index >= 15 is 0 Å². The number of ether oxygens (including phenoxy) is 1. The second-order valence-corrected chi connectivity index (χ2v) is 7.07. The van der Waals surface area contributed by atoms with E-state index in [2.05, 4.69) is 23.5 Å². The Bertz CT molecular complexity index is 626. The van der Waals surface area contributed by atoms with Crippen LogP contribution in [0.1, 0.15) is 29.2 Å². The molecule has 1 unspecified atom stereocenters. The zero-order chi connectivity index (χ0) is 14.1. The van der Waals surface area contributed by atoms with Gasteiger partial charge in [0.05, 0.1) is 21.3 Å². The number of hydrogen-bond donors (Lipinski definition) is 1. The SMILES string of the molecule is CNC(c1cc(Cl)sc1Cl)c1cccc2c1OCCC2. The molecule has 1 aromatic heterocycles. The average molecular weight is 328 g/mol. The predicted molar refractivity (Wildman–Crippen MR) is 85.5 cm³/mol. The average Bonchev–Trinajstić information content (AvgIpc) is 2.79. The lowest BCUT2D eigenvalue weighted by molar-refractivity contribution is 0.283. The van der Waals surface area contributed by atoms with Gasteiger partial charge in [-0.2, -0.15) is 0 Å². The van der Waals surface area contributed by atoms with Crippen LogP contribution in [-0.4, -0.2) is 13.7 Å². The fourth-order valence-corrected chi connectivity index (χ4v) is 4.20. The molecule has 20 heavy (non-hydrogen) atoms. The monoisotopic (exact) mass is 327 g/mol. The van der Waals surface area contributed by atoms with Crippen LogP contribution in [0.4, 0.5) is 0 Å². The van der Waals surface area contributed by atoms with Crippen molar-refractivity contribution < 1.29 is 4.74 Å². The molecule has 1 aromatic carbocycles. The van der Waals surface area contributed by atoms with Crippen LogP contribution in [-0.2, 0) is 6.42 Å². The Hall–Kier alpha value is -0.740. The molecule has 1 aliphatic rings. The molecule has 1 aliphatic heterocycles. The molecule has 0 fully saturated rings. The zero-order valence-electron chi connectivity index (χ0n) is 11.1. The zero-order valence-corrected chi connectivity index (χ0v) is 13.4. The molecule has 5 heteroatoms. The highest BCUT2D eigenvalue weighted by molar-refractivity contribution is 7.20. The Balaban J connectivity index is 2.08. The molecule has 0 saturated carbocycles. The summed E-state index contributed by atoms with van der Waals surface area (Å²) in [6.07, 6.45) is 2.14. The maximum Gasteiger partial charge on any atom is 0.127 e. The van der Waals surface area contributed by atoms with Crippen molar-refractivity contribution in [3.8, 4) is 5.75 Å². The van der Waals surface area contributed by atoms with Crippen LogP contribution >= 0.6 is 34.5 Å². The Kier molecular flexibility index (Phi) is 4.22. The van der Waals surface area contributed by atoms with Crippen molar-refractivity contribution in [3.63, 3.8) is 0 Å². The summed E-state index contributed by atoms with van der Waals surface area (Å²) in [6.45, 7) is 0.776. The number of fused-ring (bicyclic) bond motifs is 1. The van der Waals surface area contributed by atoms with Crippen LogP contribution in [0.25, 0.3) is 0 Å². The van der Waals surface area contributed by atoms with E-state index in [0.29, 0.717) is 4.34 Å². The van der Waals surface area contributed by atoms with Gasteiger partial charge in [0.2, 0.25) is 0 Å². The maximum atomic E-state index is 6.30. The molecule has 3 rings (SSSR count). The third kappa shape index (κ3) is 2.56. The lowest BCUT2D eigenvalue weighted by Gasteiger charge is -2.25. The van der Waals surface area contributed by atoms with Gasteiger partial charge in [0.25, 0.3) is 0 Å². The summed E-state index contributed by atoms with van der Waals surface area (Å²) in [5, 5.41) is 3.32. The fraction of sp³-hybridized carbons (Fsp3) is 0.333. The number of rotatable bonds is 3. The van der Waals surface area contributed by atoms with Crippen molar-refractivity contribution in [2.75, 3.05) is 13.7 Å². The first-order valence-electron chi connectivity index (χ1n) is 6.57. The first kappa shape index (κ1) is 14.2. The summed E-state index contributed by atoms with van der Waals surface area (Å²) < 4.78 is 7.32. The molecule has 2 nitrogen and oxygen atoms in total. The minimum atomic E-state index is -0.000648. The fourth-order valence-electron chi connectivity index (χ4n) is 2.67. The van der Waals surface area contributed by atoms with Crippen LogP contribution in [0.15, 0.2) is 24.3 Å². The van der Waals surface area contributed by atoms with Crippen molar-refractivity contribution in [3.05, 3.63) is 49.6 Å². The van der Waals surface area contributed by atoms with Gasteiger partial charge in [0, 0.05) is 11.1 Å². The number of benzene rings is 1. The van der Waals surface area contributed by atoms with Crippen LogP contribution in [0.3, 0.4) is 0 Å². The largest absolute Gasteiger partial charge is 0.493 e. The van der Waals surface area contributed by atoms with E-state index in [9.17, 15) is 0 Å². The summed E-state index contributed by atoms with van der Waals surface area (Å²) in [5.74, 6) is 0.997. The first-order chi connectivity index (χ1) is 9.70. The number of hydrogen-bond acceptors (Lipinski definition) is 3. The van der Waals surface area contributed by atoms with Gasteiger partial charge < -0.3 is 10.1 Å². The van der Waals surface area contributed by atoms with Gasteiger partial charge in [-0.3, -0.25) is 0 Å². The summed E-state index contributed by atoms with van der Waals surface area (Å²) in [5.41, 5.74) is 3.40. The van der Waals surface area contributed by atoms with Gasteiger partial charge in [-0.25, -0.2) is 0 Å². The molecular formula is C15H15Cl2NOS. The topological polar surface area (TPSA) is 21.3 Å². The molecule has 0 aliphatic carbocycles. The number of thiophene rings is 1. The third-order valence-electron chi connectivity index (χ3n) is 3.56. The third-order valence-corrected chi connectivity index (χ3v) is 5.08. The molecule has 1 atom stereocenters. The van der Waals surface area contributed by atoms with E-state index < -0.39 is 0 Å². The minimum Gasteiger partial charge on any atom is -0.493 e. The second kappa shape index (κ2) is 5.94. The molecule has 1 N–H and O–H groups in total. The Morgan fingerprint density at radius 2 is 2.15 bits per heavy atom. The van der Waals surface area contributed by atoms with Gasteiger partial charge in [-0.1, -0.05) is 41.4 Å². The van der Waals surface area contributed by atoms with Crippen LogP contribution in [0.5, 0.6) is 5.75 Å². The Morgan fingerprint density at radius 3 is 2.85 bits per heavy atom. The molecule has 0 radical (unpaired) electrons. The standard InChI is InChI=1S/C15H15Cl2NOS/c1-18-13(11-8-12(16)20-15(11)17)10-6-2-4-9-5-3-7-19-14(9)10/h2,4,6,8,13,18H,3,5,7H2,1H3. The molecule has 106 valence electrons. The molecule has 0 amide bonds. The van der Waals surface area contributed by atoms with Gasteiger partial charge in [-0.15, -0.1) is 11.3 Å². The predicted octanol–water partition coefficient (Wildman–Crippen LogP) is 4.69. The molecule has 0 bridgehead atoms. The number of nitrogens with one attached hydrogen (secondary N) is 1. The van der Waals surface area contributed by atoms with Crippen molar-refractivity contribution >= 4 is 34.5 Å². The Morgan fingerprint density at radius 1 is 1.30 bits per heavy atom. The first-order valence-corrected chi connectivity index (χ1v) is 8.14. The van der Waals surface area contributed by atoms with E-state index in [0.717, 1.165) is 40.7 Å². The summed E-state index contributed by atoms with van der Waals surface area (Å²) >= 11 is 13.8. The lowest BCUT2D eigenvalue weighted by Crippen LogP contribution is -2.20. The van der Waals surface area contributed by atoms with E-state index in [1.165, 1.54) is 16.9 Å². The van der Waals surface area contributed by atoms with E-state index in [-0.39, 0.29) is 6.04 Å². The molecule has 2 aromatic rings. The summed E-state index contributed by atoms with van der Waals surface area (Å²) in [4.78, 5) is 0. The lowest BCUT2D eigenvalue weighted by atomic mass is 9.95. The van der Waals surface area contributed by atoms with Crippen molar-refractivity contribution in [1.82, 2.24) is 5.32 Å². The molecule has 0 spiro atoms. The van der Waals surface area contributed by atoms with Crippen molar-refractivity contribution in [2.45, 2.75) is 18.9 Å². The van der Waals surface area contributed by atoms with Gasteiger partial charge in [0.1, 0.15) is 5.75 Å². The van der Waals surface area contributed by atoms with Crippen molar-refractivity contribution in [2.24, 2.45) is 0 Å². The number of halogens is 2. The smallest absolute Gasteiger partial charge is 0.127 e. The quantitative estimate of drug-likeness (QED) is 0.883. The minimum absolute atomic E-state index is 0.000648. The normalized spacial score (nSPS) is 15.6. The summed E-state index contributed by atoms with van der Waals surface area (Å²) in [6, 6.07) is 8.23. The van der Waals surface area contributed by atoms with E-state index in [4.69, 9.17) is 27.9 Å². The van der Waals surface area contributed by atoms with Crippen molar-refractivity contribution in [1.29, 1.82) is 0 Å². The van der Waals surface area contributed by atoms with Gasteiger partial charge in [-0.05, 0) is 31.5 Å². The highest BCUT2D eigenvalue weighted by Crippen LogP contribution is 2.41. The summed E-state index contributed by atoms with van der Waals surface area (Å²) in [7, 11) is 1.93. The van der Waals surface area contributed by atoms with Crippen LogP contribution < -0.4 is 10.1 Å². The van der Waals surface area contributed by atoms with E-state index in [1.54, 1.807) is 0 Å². The maximum absolute atomic E-state index is 6.30. The van der Waals surface area contributed by atoms with Gasteiger partial charge >= 0.3 is 0 Å². The van der Waals surface area contributed by atoms with E-state index in [1.807, 2.05) is 13.1 Å². The van der Waals surface area contributed by atoms with Crippen LogP contribution in [0, 0.1) is 0 Å². The molecule has 2 heterocycles. The number of para-hydroxylation sites is 1. The molecule has 0 saturated heterocycles. The Labute approximate surface area is 132 Å². The highest BCUT2D eigenvalue weighted by Gasteiger charge is 2.24.